The molecule has 0 amide bonds. The minimum absolute atomic E-state index is 0.103. The summed E-state index contributed by atoms with van der Waals surface area (Å²) in [4.78, 5) is 3.82. The fraction of sp³-hybridized carbons (Fsp3) is 0. The Bertz CT molecular complexity index is 428. The van der Waals surface area contributed by atoms with Crippen LogP contribution >= 0.6 is 11.3 Å². The van der Waals surface area contributed by atoms with Crippen molar-refractivity contribution in [1.82, 2.24) is 15.2 Å². The normalized spacial score (nSPS) is 10.2. The molecule has 0 radical (unpaired) electrons. The molecular weight excluding hydrogens is 188 g/mol. The van der Waals surface area contributed by atoms with E-state index in [9.17, 15) is 0 Å². The lowest BCUT2D eigenvalue weighted by Gasteiger charge is -1.93. The highest BCUT2D eigenvalue weighted by molar-refractivity contribution is 7.18. The molecule has 0 bridgehead atoms. The maximum Gasteiger partial charge on any atom is 0.203 e. The van der Waals surface area contributed by atoms with E-state index in [0.717, 1.165) is 0 Å². The summed E-state index contributed by atoms with van der Waals surface area (Å²) >= 11 is 1.25. The van der Waals surface area contributed by atoms with Crippen LogP contribution in [-0.4, -0.2) is 20.3 Å². The van der Waals surface area contributed by atoms with Gasteiger partial charge in [0, 0.05) is 11.8 Å². The molecule has 6 heteroatoms. The quantitative estimate of drug-likeness (QED) is 0.704. The number of aromatic hydroxyl groups is 1. The Morgan fingerprint density at radius 1 is 1.31 bits per heavy atom. The van der Waals surface area contributed by atoms with Crippen LogP contribution in [0.3, 0.4) is 0 Å². The van der Waals surface area contributed by atoms with Crippen molar-refractivity contribution in [1.29, 1.82) is 0 Å². The predicted molar refractivity (Wildman–Crippen MR) is 49.2 cm³/mol. The van der Waals surface area contributed by atoms with Crippen LogP contribution in [0.1, 0.15) is 0 Å². The Balaban J connectivity index is 2.46. The van der Waals surface area contributed by atoms with Crippen LogP contribution in [0.2, 0.25) is 0 Å². The van der Waals surface area contributed by atoms with Crippen LogP contribution in [0.25, 0.3) is 10.6 Å². The molecule has 0 aliphatic carbocycles. The van der Waals surface area contributed by atoms with Gasteiger partial charge in [0.2, 0.25) is 5.13 Å². The third-order valence-electron chi connectivity index (χ3n) is 1.41. The number of aromatic nitrogens is 3. The molecule has 0 aromatic carbocycles. The summed E-state index contributed by atoms with van der Waals surface area (Å²) in [7, 11) is 0. The standard InChI is InChI=1S/C7H6N4OS/c8-7-11-10-6(13-7)4-1-5(12)3-9-2-4/h1-3,12H,(H2,8,11). The first-order valence-corrected chi connectivity index (χ1v) is 4.31. The molecule has 0 saturated heterocycles. The zero-order chi connectivity index (χ0) is 9.26. The van der Waals surface area contributed by atoms with Gasteiger partial charge in [-0.25, -0.2) is 0 Å². The van der Waals surface area contributed by atoms with Gasteiger partial charge in [-0.05, 0) is 6.07 Å². The van der Waals surface area contributed by atoms with E-state index >= 15 is 0 Å². The zero-order valence-corrected chi connectivity index (χ0v) is 7.32. The van der Waals surface area contributed by atoms with E-state index < -0.39 is 0 Å². The molecule has 13 heavy (non-hydrogen) atoms. The number of anilines is 1. The minimum Gasteiger partial charge on any atom is -0.506 e. The molecule has 2 aromatic heterocycles. The summed E-state index contributed by atoms with van der Waals surface area (Å²) in [6.07, 6.45) is 2.95. The van der Waals surface area contributed by atoms with Gasteiger partial charge in [0.25, 0.3) is 0 Å². The Hall–Kier alpha value is -1.69. The van der Waals surface area contributed by atoms with E-state index in [-0.39, 0.29) is 5.75 Å². The number of rotatable bonds is 1. The largest absolute Gasteiger partial charge is 0.506 e. The summed E-state index contributed by atoms with van der Waals surface area (Å²) in [5.41, 5.74) is 6.13. The predicted octanol–water partition coefficient (Wildman–Crippen LogP) is 0.888. The van der Waals surface area contributed by atoms with Crippen molar-refractivity contribution in [3.05, 3.63) is 18.5 Å². The van der Waals surface area contributed by atoms with Gasteiger partial charge < -0.3 is 10.8 Å². The number of hydrogen-bond acceptors (Lipinski definition) is 6. The Morgan fingerprint density at radius 2 is 2.15 bits per heavy atom. The summed E-state index contributed by atoms with van der Waals surface area (Å²) < 4.78 is 0. The van der Waals surface area contributed by atoms with Crippen molar-refractivity contribution in [3.63, 3.8) is 0 Å². The molecule has 0 fully saturated rings. The second kappa shape index (κ2) is 2.98. The smallest absolute Gasteiger partial charge is 0.203 e. The van der Waals surface area contributed by atoms with Gasteiger partial charge in [-0.3, -0.25) is 4.98 Å². The molecule has 5 nitrogen and oxygen atoms in total. The number of hydrogen-bond donors (Lipinski definition) is 2. The lowest BCUT2D eigenvalue weighted by molar-refractivity contribution is 0.473. The SMILES string of the molecule is Nc1nnc(-c2cncc(O)c2)s1. The number of nitrogen functional groups attached to an aromatic ring is 1. The molecule has 2 rings (SSSR count). The van der Waals surface area contributed by atoms with Gasteiger partial charge in [0.15, 0.2) is 5.01 Å². The van der Waals surface area contributed by atoms with Gasteiger partial charge in [-0.1, -0.05) is 11.3 Å². The molecule has 0 atom stereocenters. The maximum absolute atomic E-state index is 9.14. The molecule has 66 valence electrons. The van der Waals surface area contributed by atoms with Crippen LogP contribution in [0.5, 0.6) is 5.75 Å². The van der Waals surface area contributed by atoms with E-state index in [4.69, 9.17) is 10.8 Å². The summed E-state index contributed by atoms with van der Waals surface area (Å²) in [6, 6.07) is 1.56. The third-order valence-corrected chi connectivity index (χ3v) is 2.21. The van der Waals surface area contributed by atoms with E-state index in [1.807, 2.05) is 0 Å². The van der Waals surface area contributed by atoms with Crippen molar-refractivity contribution in [2.24, 2.45) is 0 Å². The Morgan fingerprint density at radius 3 is 2.77 bits per heavy atom. The Labute approximate surface area is 77.9 Å². The van der Waals surface area contributed by atoms with E-state index in [0.29, 0.717) is 15.7 Å². The lowest BCUT2D eigenvalue weighted by atomic mass is 10.3. The minimum atomic E-state index is 0.103. The molecule has 0 aliphatic heterocycles. The van der Waals surface area contributed by atoms with Crippen molar-refractivity contribution >= 4 is 16.5 Å². The number of pyridine rings is 1. The van der Waals surface area contributed by atoms with Crippen LogP contribution in [0, 0.1) is 0 Å². The van der Waals surface area contributed by atoms with Crippen molar-refractivity contribution in [2.45, 2.75) is 0 Å². The van der Waals surface area contributed by atoms with Gasteiger partial charge in [0.1, 0.15) is 5.75 Å². The topological polar surface area (TPSA) is 84.9 Å². The van der Waals surface area contributed by atoms with Gasteiger partial charge in [-0.2, -0.15) is 0 Å². The fourth-order valence-corrected chi connectivity index (χ4v) is 1.49. The maximum atomic E-state index is 9.14. The highest BCUT2D eigenvalue weighted by Gasteiger charge is 2.04. The second-order valence-corrected chi connectivity index (χ2v) is 3.39. The van der Waals surface area contributed by atoms with Gasteiger partial charge >= 0.3 is 0 Å². The second-order valence-electron chi connectivity index (χ2n) is 2.38. The summed E-state index contributed by atoms with van der Waals surface area (Å²) in [6.45, 7) is 0. The van der Waals surface area contributed by atoms with Crippen LogP contribution in [-0.2, 0) is 0 Å². The highest BCUT2D eigenvalue weighted by atomic mass is 32.1. The van der Waals surface area contributed by atoms with Gasteiger partial charge in [-0.15, -0.1) is 10.2 Å². The molecule has 0 saturated carbocycles. The van der Waals surface area contributed by atoms with E-state index in [1.54, 1.807) is 12.3 Å². The van der Waals surface area contributed by atoms with Crippen LogP contribution < -0.4 is 5.73 Å². The van der Waals surface area contributed by atoms with Crippen LogP contribution in [0.15, 0.2) is 18.5 Å². The first-order valence-electron chi connectivity index (χ1n) is 3.49. The summed E-state index contributed by atoms with van der Waals surface area (Å²) in [5.74, 6) is 0.103. The monoisotopic (exact) mass is 194 g/mol. The number of nitrogens with two attached hydrogens (primary N) is 1. The van der Waals surface area contributed by atoms with Crippen molar-refractivity contribution in [2.75, 3.05) is 5.73 Å². The zero-order valence-electron chi connectivity index (χ0n) is 6.51. The van der Waals surface area contributed by atoms with Gasteiger partial charge in [0.05, 0.1) is 6.20 Å². The van der Waals surface area contributed by atoms with Crippen molar-refractivity contribution in [3.8, 4) is 16.3 Å². The van der Waals surface area contributed by atoms with E-state index in [1.165, 1.54) is 17.5 Å². The van der Waals surface area contributed by atoms with E-state index in [2.05, 4.69) is 15.2 Å². The molecule has 2 aromatic rings. The molecular formula is C7H6N4OS. The molecule has 0 unspecified atom stereocenters. The molecule has 0 aliphatic rings. The third kappa shape index (κ3) is 1.57. The number of nitrogens with zero attached hydrogens (tertiary/aromatic N) is 3. The molecule has 0 spiro atoms. The van der Waals surface area contributed by atoms with Crippen molar-refractivity contribution < 1.29 is 5.11 Å². The highest BCUT2D eigenvalue weighted by Crippen LogP contribution is 2.25. The first-order chi connectivity index (χ1) is 6.25. The lowest BCUT2D eigenvalue weighted by Crippen LogP contribution is -1.80. The molecule has 3 N–H and O–H groups in total. The average molecular weight is 194 g/mol. The summed E-state index contributed by atoms with van der Waals surface area (Å²) in [5, 5.41) is 17.7. The first kappa shape index (κ1) is 7.93. The average Bonchev–Trinajstić information content (AvgIpc) is 2.52. The Kier molecular flexibility index (Phi) is 1.82. The molecule has 2 heterocycles. The fourth-order valence-electron chi connectivity index (χ4n) is 0.896. The van der Waals surface area contributed by atoms with Crippen LogP contribution in [0.4, 0.5) is 5.13 Å².